The van der Waals surface area contributed by atoms with Gasteiger partial charge in [0.2, 0.25) is 0 Å². The van der Waals surface area contributed by atoms with Gasteiger partial charge in [0, 0.05) is 0 Å². The van der Waals surface area contributed by atoms with Gasteiger partial charge in [-0.25, -0.2) is 0 Å². The van der Waals surface area contributed by atoms with E-state index in [4.69, 9.17) is 0 Å². The van der Waals surface area contributed by atoms with Gasteiger partial charge >= 0.3 is 0 Å². The van der Waals surface area contributed by atoms with Gasteiger partial charge in [0.15, 0.2) is 0 Å². The third-order valence-corrected chi connectivity index (χ3v) is 10.3. The summed E-state index contributed by atoms with van der Waals surface area (Å²) in [5.74, 6) is 0.730. The molecule has 0 radical (unpaired) electrons. The second kappa shape index (κ2) is 6.91. The maximum Gasteiger partial charge on any atom is 0.274 e. The summed E-state index contributed by atoms with van der Waals surface area (Å²) in [5, 5.41) is 0. The van der Waals surface area contributed by atoms with Crippen LogP contribution in [-0.2, 0) is 0 Å². The van der Waals surface area contributed by atoms with Crippen LogP contribution >= 0.6 is 0 Å². The minimum absolute atomic E-state index is 0.730. The summed E-state index contributed by atoms with van der Waals surface area (Å²) in [4.78, 5) is 7.47. The Labute approximate surface area is 104 Å². The second-order valence-corrected chi connectivity index (χ2v) is 14.4. The number of hydrogen-bond acceptors (Lipinski definition) is 3. The first-order valence-electron chi connectivity index (χ1n) is 6.54. The molecule has 0 bridgehead atoms. The van der Waals surface area contributed by atoms with E-state index in [9.17, 15) is 0 Å². The van der Waals surface area contributed by atoms with E-state index in [1.54, 1.807) is 0 Å². The highest BCUT2D eigenvalue weighted by Crippen LogP contribution is 2.12. The molecular formula is C11H31N3Si2. The summed E-state index contributed by atoms with van der Waals surface area (Å²) in [6, 6.07) is 1.25. The average molecular weight is 262 g/mol. The van der Waals surface area contributed by atoms with E-state index in [0.717, 1.165) is 19.0 Å². The van der Waals surface area contributed by atoms with Crippen molar-refractivity contribution in [3.05, 3.63) is 0 Å². The SMILES string of the molecule is CCN[Si](CC(C)C)(NCC)N[Si](C)(C)C. The molecule has 0 fully saturated rings. The van der Waals surface area contributed by atoms with Crippen LogP contribution in [0, 0.1) is 5.92 Å². The van der Waals surface area contributed by atoms with Crippen LogP contribution in [-0.4, -0.2) is 29.9 Å². The molecule has 0 aliphatic rings. The Morgan fingerprint density at radius 2 is 1.38 bits per heavy atom. The van der Waals surface area contributed by atoms with Gasteiger partial charge in [-0.05, 0) is 25.1 Å². The molecule has 0 aromatic heterocycles. The van der Waals surface area contributed by atoms with E-state index < -0.39 is 16.8 Å². The normalized spacial score (nSPS) is 13.5. The fourth-order valence-corrected chi connectivity index (χ4v) is 11.3. The molecule has 0 aromatic carbocycles. The van der Waals surface area contributed by atoms with Crippen LogP contribution in [0.4, 0.5) is 0 Å². The first-order valence-corrected chi connectivity index (χ1v) is 12.2. The maximum absolute atomic E-state index is 3.96. The molecule has 0 rings (SSSR count). The molecule has 0 unspecified atom stereocenters. The standard InChI is InChI=1S/C11H31N3Si2/c1-8-12-16(13-9-2,10-11(3)4)14-15(5,6)7/h11-14H,8-10H2,1-7H3. The van der Waals surface area contributed by atoms with Gasteiger partial charge < -0.3 is 14.6 Å². The van der Waals surface area contributed by atoms with Crippen LogP contribution in [0.25, 0.3) is 0 Å². The van der Waals surface area contributed by atoms with E-state index in [-0.39, 0.29) is 0 Å². The van der Waals surface area contributed by atoms with Crippen molar-refractivity contribution >= 4 is 16.8 Å². The van der Waals surface area contributed by atoms with E-state index in [0.29, 0.717) is 0 Å². The summed E-state index contributed by atoms with van der Waals surface area (Å²) in [5.41, 5.74) is 0. The topological polar surface area (TPSA) is 36.1 Å². The number of rotatable bonds is 8. The van der Waals surface area contributed by atoms with E-state index in [2.05, 4.69) is 61.9 Å². The Bertz CT molecular complexity index is 184. The van der Waals surface area contributed by atoms with Crippen LogP contribution < -0.4 is 14.6 Å². The zero-order chi connectivity index (χ0) is 12.8. The van der Waals surface area contributed by atoms with Crippen LogP contribution in [0.1, 0.15) is 27.7 Å². The molecule has 98 valence electrons. The molecule has 5 heteroatoms. The Hall–Kier alpha value is 0.314. The highest BCUT2D eigenvalue weighted by atomic mass is 28.4. The quantitative estimate of drug-likeness (QED) is 0.587. The van der Waals surface area contributed by atoms with Crippen molar-refractivity contribution in [2.75, 3.05) is 13.1 Å². The molecule has 3 nitrogen and oxygen atoms in total. The van der Waals surface area contributed by atoms with Gasteiger partial charge in [0.25, 0.3) is 8.56 Å². The van der Waals surface area contributed by atoms with Crippen LogP contribution in [0.15, 0.2) is 0 Å². The van der Waals surface area contributed by atoms with E-state index in [1.165, 1.54) is 6.04 Å². The third kappa shape index (κ3) is 6.80. The zero-order valence-corrected chi connectivity index (χ0v) is 14.2. The number of hydrogen-bond donors (Lipinski definition) is 3. The van der Waals surface area contributed by atoms with Gasteiger partial charge in [-0.3, -0.25) is 0 Å². The molecule has 0 aliphatic heterocycles. The zero-order valence-electron chi connectivity index (χ0n) is 12.2. The van der Waals surface area contributed by atoms with E-state index in [1.807, 2.05) is 0 Å². The molecule has 0 amide bonds. The predicted octanol–water partition coefficient (Wildman–Crippen LogP) is 2.22. The molecule has 0 saturated heterocycles. The molecule has 0 aromatic rings. The lowest BCUT2D eigenvalue weighted by molar-refractivity contribution is 0.674. The van der Waals surface area contributed by atoms with Gasteiger partial charge in [-0.15, -0.1) is 0 Å². The lowest BCUT2D eigenvalue weighted by Gasteiger charge is -2.39. The Morgan fingerprint density at radius 1 is 0.938 bits per heavy atom. The monoisotopic (exact) mass is 261 g/mol. The fourth-order valence-electron chi connectivity index (χ4n) is 2.20. The molecule has 16 heavy (non-hydrogen) atoms. The van der Waals surface area contributed by atoms with Crippen LogP contribution in [0.5, 0.6) is 0 Å². The Kier molecular flexibility index (Phi) is 7.04. The fraction of sp³-hybridized carbons (Fsp3) is 1.00. The minimum Gasteiger partial charge on any atom is -0.335 e. The number of nitrogens with one attached hydrogen (secondary N) is 3. The average Bonchev–Trinajstić information content (AvgIpc) is 1.98. The molecule has 3 N–H and O–H groups in total. The molecule has 0 aliphatic carbocycles. The van der Waals surface area contributed by atoms with Crippen LogP contribution in [0.2, 0.25) is 25.7 Å². The largest absolute Gasteiger partial charge is 0.335 e. The van der Waals surface area contributed by atoms with Crippen molar-refractivity contribution in [2.24, 2.45) is 5.92 Å². The van der Waals surface area contributed by atoms with Crippen molar-refractivity contribution < 1.29 is 0 Å². The van der Waals surface area contributed by atoms with Gasteiger partial charge in [0.05, 0.1) is 0 Å². The van der Waals surface area contributed by atoms with Crippen molar-refractivity contribution in [2.45, 2.75) is 53.4 Å². The van der Waals surface area contributed by atoms with Crippen molar-refractivity contribution in [3.63, 3.8) is 0 Å². The van der Waals surface area contributed by atoms with Gasteiger partial charge in [0.1, 0.15) is 8.24 Å². The van der Waals surface area contributed by atoms with E-state index >= 15 is 0 Å². The third-order valence-electron chi connectivity index (χ3n) is 2.26. The van der Waals surface area contributed by atoms with Crippen molar-refractivity contribution in [1.82, 2.24) is 14.6 Å². The molecule has 0 atom stereocenters. The summed E-state index contributed by atoms with van der Waals surface area (Å²) in [6.45, 7) is 18.2. The van der Waals surface area contributed by atoms with Gasteiger partial charge in [-0.1, -0.05) is 47.3 Å². The molecule has 0 heterocycles. The maximum atomic E-state index is 3.96. The predicted molar refractivity (Wildman–Crippen MR) is 79.2 cm³/mol. The molecule has 0 saturated carbocycles. The smallest absolute Gasteiger partial charge is 0.274 e. The minimum atomic E-state index is -1.68. The summed E-state index contributed by atoms with van der Waals surface area (Å²) < 4.78 is 3.96. The summed E-state index contributed by atoms with van der Waals surface area (Å²) in [6.07, 6.45) is 0. The van der Waals surface area contributed by atoms with Crippen molar-refractivity contribution in [3.8, 4) is 0 Å². The van der Waals surface area contributed by atoms with Gasteiger partial charge in [-0.2, -0.15) is 0 Å². The second-order valence-electron chi connectivity index (χ2n) is 5.94. The summed E-state index contributed by atoms with van der Waals surface area (Å²) >= 11 is 0. The Balaban J connectivity index is 4.77. The highest BCUT2D eigenvalue weighted by molar-refractivity contribution is 6.89. The van der Waals surface area contributed by atoms with Crippen molar-refractivity contribution in [1.29, 1.82) is 0 Å². The Morgan fingerprint density at radius 3 is 1.62 bits per heavy atom. The molecule has 0 spiro atoms. The first kappa shape index (κ1) is 16.3. The lowest BCUT2D eigenvalue weighted by Crippen LogP contribution is -2.77. The summed E-state index contributed by atoms with van der Waals surface area (Å²) in [7, 11) is -2.93. The molecular weight excluding hydrogens is 230 g/mol. The van der Waals surface area contributed by atoms with Crippen LogP contribution in [0.3, 0.4) is 0 Å². The lowest BCUT2D eigenvalue weighted by atomic mass is 10.3. The first-order chi connectivity index (χ1) is 7.24. The highest BCUT2D eigenvalue weighted by Gasteiger charge is 2.37.